The van der Waals surface area contributed by atoms with Gasteiger partial charge in [-0.3, -0.25) is 4.79 Å². The van der Waals surface area contributed by atoms with Crippen molar-refractivity contribution in [2.75, 3.05) is 13.1 Å². The zero-order chi connectivity index (χ0) is 13.5. The third kappa shape index (κ3) is 5.09. The number of carbonyl (C=O) groups excluding carboxylic acids is 1. The maximum atomic E-state index is 11.7. The SMILES string of the molecule is NC(=NCC(=O)NC1CCCCC1)NCC1CCC1. The van der Waals surface area contributed by atoms with Crippen LogP contribution in [0.15, 0.2) is 4.99 Å². The van der Waals surface area contributed by atoms with Crippen LogP contribution >= 0.6 is 0 Å². The molecule has 4 N–H and O–H groups in total. The number of rotatable bonds is 5. The number of guanidine groups is 1. The van der Waals surface area contributed by atoms with Gasteiger partial charge in [0.25, 0.3) is 0 Å². The number of hydrogen-bond donors (Lipinski definition) is 3. The van der Waals surface area contributed by atoms with Crippen molar-refractivity contribution in [1.82, 2.24) is 10.6 Å². The van der Waals surface area contributed by atoms with Crippen LogP contribution in [0.25, 0.3) is 0 Å². The van der Waals surface area contributed by atoms with Crippen LogP contribution in [0.5, 0.6) is 0 Å². The van der Waals surface area contributed by atoms with Crippen LogP contribution < -0.4 is 16.4 Å². The quantitative estimate of drug-likeness (QED) is 0.516. The molecule has 19 heavy (non-hydrogen) atoms. The molecule has 0 radical (unpaired) electrons. The third-order valence-electron chi connectivity index (χ3n) is 4.16. The first-order valence-electron chi connectivity index (χ1n) is 7.57. The number of nitrogens with zero attached hydrogens (tertiary/aromatic N) is 1. The second-order valence-electron chi connectivity index (χ2n) is 5.78. The predicted molar refractivity (Wildman–Crippen MR) is 76.8 cm³/mol. The van der Waals surface area contributed by atoms with E-state index < -0.39 is 0 Å². The van der Waals surface area contributed by atoms with Gasteiger partial charge in [-0.05, 0) is 31.6 Å². The van der Waals surface area contributed by atoms with Gasteiger partial charge in [0.1, 0.15) is 6.54 Å². The molecule has 2 rings (SSSR count). The summed E-state index contributed by atoms with van der Waals surface area (Å²) >= 11 is 0. The molecule has 0 saturated heterocycles. The van der Waals surface area contributed by atoms with E-state index in [1.54, 1.807) is 0 Å². The first kappa shape index (κ1) is 14.2. The lowest BCUT2D eigenvalue weighted by molar-refractivity contribution is -0.120. The van der Waals surface area contributed by atoms with Gasteiger partial charge >= 0.3 is 0 Å². The Morgan fingerprint density at radius 3 is 2.47 bits per heavy atom. The molecule has 2 aliphatic rings. The summed E-state index contributed by atoms with van der Waals surface area (Å²) < 4.78 is 0. The summed E-state index contributed by atoms with van der Waals surface area (Å²) in [4.78, 5) is 15.8. The first-order chi connectivity index (χ1) is 9.24. The van der Waals surface area contributed by atoms with Crippen LogP contribution in [-0.4, -0.2) is 31.0 Å². The summed E-state index contributed by atoms with van der Waals surface area (Å²) in [5.74, 6) is 1.12. The number of nitrogens with two attached hydrogens (primary N) is 1. The van der Waals surface area contributed by atoms with Crippen molar-refractivity contribution < 1.29 is 4.79 Å². The molecule has 0 aromatic carbocycles. The maximum absolute atomic E-state index is 11.7. The lowest BCUT2D eigenvalue weighted by Crippen LogP contribution is -2.40. The highest BCUT2D eigenvalue weighted by Gasteiger charge is 2.17. The molecule has 2 fully saturated rings. The van der Waals surface area contributed by atoms with E-state index in [0.717, 1.165) is 25.3 Å². The van der Waals surface area contributed by atoms with Gasteiger partial charge < -0.3 is 16.4 Å². The molecule has 2 aliphatic carbocycles. The largest absolute Gasteiger partial charge is 0.370 e. The molecule has 0 unspecified atom stereocenters. The van der Waals surface area contributed by atoms with E-state index in [4.69, 9.17) is 5.73 Å². The van der Waals surface area contributed by atoms with Crippen LogP contribution in [0.2, 0.25) is 0 Å². The Morgan fingerprint density at radius 2 is 1.84 bits per heavy atom. The van der Waals surface area contributed by atoms with Gasteiger partial charge in [-0.2, -0.15) is 0 Å². The Hall–Kier alpha value is -1.26. The van der Waals surface area contributed by atoms with E-state index in [-0.39, 0.29) is 12.5 Å². The van der Waals surface area contributed by atoms with E-state index in [9.17, 15) is 4.79 Å². The van der Waals surface area contributed by atoms with Crippen molar-refractivity contribution >= 4 is 11.9 Å². The summed E-state index contributed by atoms with van der Waals surface area (Å²) in [5.41, 5.74) is 5.74. The van der Waals surface area contributed by atoms with Gasteiger partial charge in [-0.15, -0.1) is 0 Å². The minimum atomic E-state index is -0.0136. The second-order valence-corrected chi connectivity index (χ2v) is 5.78. The zero-order valence-electron chi connectivity index (χ0n) is 11.7. The average Bonchev–Trinajstić information content (AvgIpc) is 2.36. The fourth-order valence-electron chi connectivity index (χ4n) is 2.68. The van der Waals surface area contributed by atoms with Gasteiger partial charge in [0.15, 0.2) is 5.96 Å². The van der Waals surface area contributed by atoms with Crippen molar-refractivity contribution in [3.05, 3.63) is 0 Å². The molecule has 0 atom stereocenters. The van der Waals surface area contributed by atoms with Gasteiger partial charge in [0, 0.05) is 12.6 Å². The Kier molecular flexibility index (Phi) is 5.48. The Balaban J connectivity index is 1.60. The third-order valence-corrected chi connectivity index (χ3v) is 4.16. The molecule has 1 amide bonds. The highest BCUT2D eigenvalue weighted by Crippen LogP contribution is 2.24. The fraction of sp³-hybridized carbons (Fsp3) is 0.857. The number of nitrogens with one attached hydrogen (secondary N) is 2. The van der Waals surface area contributed by atoms with Gasteiger partial charge in [-0.1, -0.05) is 25.7 Å². The van der Waals surface area contributed by atoms with Crippen molar-refractivity contribution in [1.29, 1.82) is 0 Å². The van der Waals surface area contributed by atoms with E-state index in [2.05, 4.69) is 15.6 Å². The van der Waals surface area contributed by atoms with Crippen molar-refractivity contribution in [2.45, 2.75) is 57.4 Å². The molecule has 0 aromatic rings. The number of hydrogen-bond acceptors (Lipinski definition) is 2. The first-order valence-corrected chi connectivity index (χ1v) is 7.57. The summed E-state index contributed by atoms with van der Waals surface area (Å²) in [5, 5.41) is 6.12. The molecule has 5 nitrogen and oxygen atoms in total. The van der Waals surface area contributed by atoms with Crippen molar-refractivity contribution in [2.24, 2.45) is 16.6 Å². The fourth-order valence-corrected chi connectivity index (χ4v) is 2.68. The van der Waals surface area contributed by atoms with Crippen molar-refractivity contribution in [3.63, 3.8) is 0 Å². The molecule has 0 aromatic heterocycles. The lowest BCUT2D eigenvalue weighted by atomic mass is 9.85. The summed E-state index contributed by atoms with van der Waals surface area (Å²) in [6, 6.07) is 0.348. The predicted octanol–water partition coefficient (Wildman–Crippen LogP) is 1.14. The Bertz CT molecular complexity index is 319. The molecule has 5 heteroatoms. The van der Waals surface area contributed by atoms with Gasteiger partial charge in [0.05, 0.1) is 0 Å². The van der Waals surface area contributed by atoms with Crippen molar-refractivity contribution in [3.8, 4) is 0 Å². The highest BCUT2D eigenvalue weighted by molar-refractivity contribution is 5.84. The molecule has 0 aliphatic heterocycles. The Labute approximate surface area is 115 Å². The van der Waals surface area contributed by atoms with Crippen LogP contribution in [0.4, 0.5) is 0 Å². The molecule has 0 heterocycles. The topological polar surface area (TPSA) is 79.5 Å². The van der Waals surface area contributed by atoms with Crippen LogP contribution in [0.1, 0.15) is 51.4 Å². The van der Waals surface area contributed by atoms with Crippen LogP contribution in [-0.2, 0) is 4.79 Å². The average molecular weight is 266 g/mol. The van der Waals surface area contributed by atoms with Gasteiger partial charge in [-0.25, -0.2) is 4.99 Å². The second kappa shape index (κ2) is 7.36. The van der Waals surface area contributed by atoms with E-state index in [0.29, 0.717) is 12.0 Å². The van der Waals surface area contributed by atoms with E-state index in [1.807, 2.05) is 0 Å². The van der Waals surface area contributed by atoms with Gasteiger partial charge in [0.2, 0.25) is 5.91 Å². The van der Waals surface area contributed by atoms with Crippen LogP contribution in [0, 0.1) is 5.92 Å². The molecule has 0 bridgehead atoms. The summed E-state index contributed by atoms with van der Waals surface area (Å²) in [6.07, 6.45) is 9.83. The minimum Gasteiger partial charge on any atom is -0.370 e. The van der Waals surface area contributed by atoms with E-state index >= 15 is 0 Å². The summed E-state index contributed by atoms with van der Waals surface area (Å²) in [6.45, 7) is 1.03. The minimum absolute atomic E-state index is 0.0136. The van der Waals surface area contributed by atoms with E-state index in [1.165, 1.54) is 38.5 Å². The highest BCUT2D eigenvalue weighted by atomic mass is 16.1. The lowest BCUT2D eigenvalue weighted by Gasteiger charge is -2.25. The standard InChI is InChI=1S/C14H26N4O/c15-14(16-9-11-5-4-6-11)17-10-13(19)18-12-7-2-1-3-8-12/h11-12H,1-10H2,(H,18,19)(H3,15,16,17). The summed E-state index contributed by atoms with van der Waals surface area (Å²) in [7, 11) is 0. The maximum Gasteiger partial charge on any atom is 0.242 e. The number of carbonyl (C=O) groups is 1. The smallest absolute Gasteiger partial charge is 0.242 e. The van der Waals surface area contributed by atoms with Crippen LogP contribution in [0.3, 0.4) is 0 Å². The molecular formula is C14H26N4O. The molecular weight excluding hydrogens is 240 g/mol. The molecule has 2 saturated carbocycles. The normalized spacial score (nSPS) is 21.8. The number of aliphatic imine (C=N–C) groups is 1. The molecule has 108 valence electrons. The molecule has 0 spiro atoms. The zero-order valence-corrected chi connectivity index (χ0v) is 11.7. The Morgan fingerprint density at radius 1 is 1.11 bits per heavy atom. The number of amides is 1. The monoisotopic (exact) mass is 266 g/mol.